The maximum atomic E-state index is 13.7. The summed E-state index contributed by atoms with van der Waals surface area (Å²) in [5.74, 6) is 5.39. The molecule has 20 heavy (non-hydrogen) atoms. The minimum absolute atomic E-state index is 0.0774. The molecule has 3 N–H and O–H groups in total. The van der Waals surface area contributed by atoms with Crippen LogP contribution in [-0.4, -0.2) is 9.97 Å². The van der Waals surface area contributed by atoms with Gasteiger partial charge in [-0.05, 0) is 29.6 Å². The number of fused-ring (bicyclic) bond motifs is 1. The van der Waals surface area contributed by atoms with E-state index in [0.29, 0.717) is 14.7 Å². The van der Waals surface area contributed by atoms with Gasteiger partial charge in [-0.3, -0.25) is 5.43 Å². The summed E-state index contributed by atoms with van der Waals surface area (Å²) in [7, 11) is 0. The number of hydrazine groups is 1. The zero-order valence-electron chi connectivity index (χ0n) is 9.93. The third kappa shape index (κ3) is 2.45. The Morgan fingerprint density at radius 2 is 2.15 bits per heavy atom. The molecule has 0 saturated heterocycles. The highest BCUT2D eigenvalue weighted by atomic mass is 79.9. The highest BCUT2D eigenvalue weighted by molar-refractivity contribution is 9.10. The second kappa shape index (κ2) is 5.31. The number of halogens is 2. The van der Waals surface area contributed by atoms with Gasteiger partial charge in [-0.2, -0.15) is 4.98 Å². The molecule has 0 aliphatic rings. The molecule has 0 amide bonds. The first-order valence-electron chi connectivity index (χ1n) is 5.52. The normalized spacial score (nSPS) is 10.8. The van der Waals surface area contributed by atoms with E-state index in [1.807, 2.05) is 11.4 Å². The van der Waals surface area contributed by atoms with Crippen molar-refractivity contribution in [1.29, 1.82) is 0 Å². The highest BCUT2D eigenvalue weighted by Crippen LogP contribution is 2.33. The van der Waals surface area contributed by atoms with Crippen LogP contribution in [-0.2, 0) is 0 Å². The van der Waals surface area contributed by atoms with E-state index in [0.717, 1.165) is 0 Å². The van der Waals surface area contributed by atoms with E-state index < -0.39 is 5.82 Å². The SMILES string of the molecule is NNc1nc(Oc2cc(Br)ccc2F)c2ccsc2n1. The number of nitrogens with zero attached hydrogens (tertiary/aromatic N) is 2. The summed E-state index contributed by atoms with van der Waals surface area (Å²) in [6.07, 6.45) is 0. The number of nitrogen functional groups attached to an aromatic ring is 1. The minimum atomic E-state index is -0.475. The third-order valence-corrected chi connectivity index (χ3v) is 3.82. The summed E-state index contributed by atoms with van der Waals surface area (Å²) in [4.78, 5) is 9.00. The van der Waals surface area contributed by atoms with Gasteiger partial charge in [-0.1, -0.05) is 15.9 Å². The summed E-state index contributed by atoms with van der Waals surface area (Å²) in [6.45, 7) is 0. The maximum absolute atomic E-state index is 13.7. The largest absolute Gasteiger partial charge is 0.435 e. The van der Waals surface area contributed by atoms with E-state index >= 15 is 0 Å². The van der Waals surface area contributed by atoms with Crippen molar-refractivity contribution in [2.24, 2.45) is 5.84 Å². The molecule has 3 rings (SSSR count). The van der Waals surface area contributed by atoms with E-state index in [1.54, 1.807) is 6.07 Å². The molecule has 5 nitrogen and oxygen atoms in total. The molecule has 1 aromatic carbocycles. The van der Waals surface area contributed by atoms with Crippen molar-refractivity contribution in [3.63, 3.8) is 0 Å². The van der Waals surface area contributed by atoms with Crippen LogP contribution in [0.2, 0.25) is 0 Å². The molecule has 102 valence electrons. The lowest BCUT2D eigenvalue weighted by Gasteiger charge is -2.08. The molecule has 0 unspecified atom stereocenters. The van der Waals surface area contributed by atoms with Crippen molar-refractivity contribution in [3.8, 4) is 11.6 Å². The minimum Gasteiger partial charge on any atom is -0.435 e. The molecule has 0 atom stereocenters. The molecule has 0 fully saturated rings. The second-order valence-corrected chi connectivity index (χ2v) is 5.62. The van der Waals surface area contributed by atoms with Gasteiger partial charge < -0.3 is 4.74 Å². The Morgan fingerprint density at radius 1 is 1.30 bits per heavy atom. The van der Waals surface area contributed by atoms with Gasteiger partial charge in [0.15, 0.2) is 11.6 Å². The summed E-state index contributed by atoms with van der Waals surface area (Å²) in [5, 5.41) is 2.55. The number of aromatic nitrogens is 2. The van der Waals surface area contributed by atoms with Gasteiger partial charge in [0, 0.05) is 4.47 Å². The third-order valence-electron chi connectivity index (χ3n) is 2.52. The van der Waals surface area contributed by atoms with E-state index in [2.05, 4.69) is 31.3 Å². The van der Waals surface area contributed by atoms with Gasteiger partial charge in [-0.25, -0.2) is 15.2 Å². The monoisotopic (exact) mass is 354 g/mol. The number of nitrogens with two attached hydrogens (primary N) is 1. The summed E-state index contributed by atoms with van der Waals surface area (Å²) in [5.41, 5.74) is 2.36. The quantitative estimate of drug-likeness (QED) is 0.554. The number of thiophene rings is 1. The molecule has 0 saturated carbocycles. The topological polar surface area (TPSA) is 73.1 Å². The average Bonchev–Trinajstić information content (AvgIpc) is 2.91. The first-order valence-corrected chi connectivity index (χ1v) is 7.19. The summed E-state index contributed by atoms with van der Waals surface area (Å²) >= 11 is 4.69. The highest BCUT2D eigenvalue weighted by Gasteiger charge is 2.13. The fourth-order valence-corrected chi connectivity index (χ4v) is 2.72. The van der Waals surface area contributed by atoms with E-state index in [4.69, 9.17) is 10.6 Å². The van der Waals surface area contributed by atoms with Gasteiger partial charge in [0.2, 0.25) is 11.8 Å². The van der Waals surface area contributed by atoms with Crippen LogP contribution in [0.25, 0.3) is 10.2 Å². The average molecular weight is 355 g/mol. The fourth-order valence-electron chi connectivity index (χ4n) is 1.63. The standard InChI is InChI=1S/C12H8BrFN4OS/c13-6-1-2-8(14)9(5-6)19-10-7-3-4-20-11(7)17-12(16-10)18-15/h1-5H,15H2,(H,16,17,18). The molecule has 0 radical (unpaired) electrons. The van der Waals surface area contributed by atoms with Gasteiger partial charge in [0.1, 0.15) is 4.83 Å². The van der Waals surface area contributed by atoms with Crippen molar-refractivity contribution in [2.45, 2.75) is 0 Å². The van der Waals surface area contributed by atoms with Gasteiger partial charge in [0.25, 0.3) is 0 Å². The molecule has 0 aliphatic carbocycles. The van der Waals surface area contributed by atoms with Crippen LogP contribution in [0.4, 0.5) is 10.3 Å². The Balaban J connectivity index is 2.09. The van der Waals surface area contributed by atoms with Crippen molar-refractivity contribution in [1.82, 2.24) is 9.97 Å². The number of ether oxygens (including phenoxy) is 1. The smallest absolute Gasteiger partial charge is 0.241 e. The second-order valence-electron chi connectivity index (χ2n) is 3.81. The zero-order valence-corrected chi connectivity index (χ0v) is 12.3. The van der Waals surface area contributed by atoms with Crippen molar-refractivity contribution in [3.05, 3.63) is 39.9 Å². The Bertz CT molecular complexity index is 779. The number of benzene rings is 1. The fraction of sp³-hybridized carbons (Fsp3) is 0. The molecule has 0 spiro atoms. The number of nitrogens with one attached hydrogen (secondary N) is 1. The van der Waals surface area contributed by atoms with Crippen LogP contribution < -0.4 is 16.0 Å². The molecule has 0 bridgehead atoms. The lowest BCUT2D eigenvalue weighted by molar-refractivity contribution is 0.432. The van der Waals surface area contributed by atoms with Crippen LogP contribution in [0, 0.1) is 5.82 Å². The molecule has 0 aliphatic heterocycles. The van der Waals surface area contributed by atoms with E-state index in [9.17, 15) is 4.39 Å². The molecule has 2 heterocycles. The van der Waals surface area contributed by atoms with Crippen molar-refractivity contribution >= 4 is 43.4 Å². The number of hydrogen-bond acceptors (Lipinski definition) is 6. The predicted molar refractivity (Wildman–Crippen MR) is 79.4 cm³/mol. The molecule has 8 heteroatoms. The van der Waals surface area contributed by atoms with Crippen LogP contribution in [0.3, 0.4) is 0 Å². The van der Waals surface area contributed by atoms with Gasteiger partial charge in [0.05, 0.1) is 5.39 Å². The van der Waals surface area contributed by atoms with Crippen LogP contribution in [0.5, 0.6) is 11.6 Å². The predicted octanol–water partition coefficient (Wildman–Crippen LogP) is 3.67. The Labute approximate surface area is 125 Å². The maximum Gasteiger partial charge on any atom is 0.241 e. The van der Waals surface area contributed by atoms with Crippen LogP contribution in [0.1, 0.15) is 0 Å². The van der Waals surface area contributed by atoms with Crippen LogP contribution in [0.15, 0.2) is 34.1 Å². The number of anilines is 1. The van der Waals surface area contributed by atoms with E-state index in [1.165, 1.54) is 23.5 Å². The number of hydrogen-bond donors (Lipinski definition) is 2. The first kappa shape index (κ1) is 13.2. The Morgan fingerprint density at radius 3 is 2.95 bits per heavy atom. The molecule has 2 aromatic heterocycles. The Kier molecular flexibility index (Phi) is 3.51. The molecule has 3 aromatic rings. The van der Waals surface area contributed by atoms with Crippen LogP contribution >= 0.6 is 27.3 Å². The van der Waals surface area contributed by atoms with Gasteiger partial charge >= 0.3 is 0 Å². The van der Waals surface area contributed by atoms with Gasteiger partial charge in [-0.15, -0.1) is 11.3 Å². The number of rotatable bonds is 3. The lowest BCUT2D eigenvalue weighted by atomic mass is 10.3. The zero-order chi connectivity index (χ0) is 14.1. The summed E-state index contributed by atoms with van der Waals surface area (Å²) in [6, 6.07) is 6.25. The Hall–Kier alpha value is -1.77. The van der Waals surface area contributed by atoms with Crippen molar-refractivity contribution < 1.29 is 9.13 Å². The van der Waals surface area contributed by atoms with E-state index in [-0.39, 0.29) is 17.6 Å². The van der Waals surface area contributed by atoms with Crippen molar-refractivity contribution in [2.75, 3.05) is 5.43 Å². The summed E-state index contributed by atoms with van der Waals surface area (Å²) < 4.78 is 20.0. The molecular weight excluding hydrogens is 347 g/mol. The lowest BCUT2D eigenvalue weighted by Crippen LogP contribution is -2.10. The first-order chi connectivity index (χ1) is 9.67. The molecular formula is C12H8BrFN4OS.